The fourth-order valence-corrected chi connectivity index (χ4v) is 2.91. The van der Waals surface area contributed by atoms with E-state index in [0.717, 1.165) is 43.5 Å². The van der Waals surface area contributed by atoms with Crippen LogP contribution in [-0.2, 0) is 11.2 Å². The maximum absolute atomic E-state index is 13.4. The van der Waals surface area contributed by atoms with E-state index in [9.17, 15) is 4.39 Å². The first-order chi connectivity index (χ1) is 9.05. The molecule has 0 aromatic heterocycles. The molecule has 0 radical (unpaired) electrons. The lowest BCUT2D eigenvalue weighted by molar-refractivity contribution is -0.0111. The van der Waals surface area contributed by atoms with Crippen LogP contribution in [0.2, 0.25) is 0 Å². The van der Waals surface area contributed by atoms with Crippen LogP contribution in [0.5, 0.6) is 0 Å². The molecule has 1 heterocycles. The van der Waals surface area contributed by atoms with Crippen LogP contribution < -0.4 is 5.32 Å². The van der Waals surface area contributed by atoms with E-state index in [4.69, 9.17) is 4.74 Å². The molecule has 19 heavy (non-hydrogen) atoms. The molecule has 1 fully saturated rings. The molecule has 0 saturated carbocycles. The molecule has 1 N–H and O–H groups in total. The molecule has 1 aromatic carbocycles. The van der Waals surface area contributed by atoms with Crippen molar-refractivity contribution in [3.63, 3.8) is 0 Å². The van der Waals surface area contributed by atoms with Crippen LogP contribution in [0.1, 0.15) is 37.8 Å². The van der Waals surface area contributed by atoms with Crippen molar-refractivity contribution < 1.29 is 9.13 Å². The second-order valence-corrected chi connectivity index (χ2v) is 5.65. The summed E-state index contributed by atoms with van der Waals surface area (Å²) < 4.78 is 19.3. The molecule has 106 valence electrons. The summed E-state index contributed by atoms with van der Waals surface area (Å²) in [5.74, 6) is -0.159. The Balaban J connectivity index is 2.18. The fraction of sp³-hybridized carbons (Fsp3) is 0.625. The second kappa shape index (κ2) is 6.02. The Morgan fingerprint density at radius 1 is 1.47 bits per heavy atom. The molecule has 2 atom stereocenters. The van der Waals surface area contributed by atoms with E-state index in [0.29, 0.717) is 0 Å². The summed E-state index contributed by atoms with van der Waals surface area (Å²) in [7, 11) is 0. The number of rotatable bonds is 5. The van der Waals surface area contributed by atoms with E-state index in [-0.39, 0.29) is 17.5 Å². The average Bonchev–Trinajstić information content (AvgIpc) is 2.81. The summed E-state index contributed by atoms with van der Waals surface area (Å²) in [6, 6.07) is 5.26. The number of hydrogen-bond acceptors (Lipinski definition) is 2. The largest absolute Gasteiger partial charge is 0.374 e. The van der Waals surface area contributed by atoms with E-state index in [1.165, 1.54) is 6.07 Å². The molecular weight excluding hydrogens is 241 g/mol. The first-order valence-corrected chi connectivity index (χ1v) is 7.17. The molecular formula is C16H24FNO. The SMILES string of the molecule is CCNC(Cc1cc(F)ccc1C)C1(C)CCCO1. The third kappa shape index (κ3) is 3.34. The highest BCUT2D eigenvalue weighted by Gasteiger charge is 2.38. The number of halogens is 1. The predicted octanol–water partition coefficient (Wildman–Crippen LogP) is 3.22. The first kappa shape index (κ1) is 14.5. The van der Waals surface area contributed by atoms with Gasteiger partial charge in [0.15, 0.2) is 0 Å². The Bertz CT molecular complexity index is 427. The second-order valence-electron chi connectivity index (χ2n) is 5.65. The summed E-state index contributed by atoms with van der Waals surface area (Å²) in [6.07, 6.45) is 2.99. The maximum Gasteiger partial charge on any atom is 0.123 e. The summed E-state index contributed by atoms with van der Waals surface area (Å²) in [5.41, 5.74) is 2.09. The zero-order valence-electron chi connectivity index (χ0n) is 12.1. The van der Waals surface area contributed by atoms with Gasteiger partial charge in [0, 0.05) is 12.6 Å². The van der Waals surface area contributed by atoms with Gasteiger partial charge in [-0.25, -0.2) is 4.39 Å². The number of benzene rings is 1. The number of likely N-dealkylation sites (N-methyl/N-ethyl adjacent to an activating group) is 1. The highest BCUT2D eigenvalue weighted by Crippen LogP contribution is 2.31. The quantitative estimate of drug-likeness (QED) is 0.882. The van der Waals surface area contributed by atoms with Gasteiger partial charge in [-0.3, -0.25) is 0 Å². The fourth-order valence-electron chi connectivity index (χ4n) is 2.91. The van der Waals surface area contributed by atoms with Crippen molar-refractivity contribution in [2.24, 2.45) is 0 Å². The Labute approximate surface area is 115 Å². The van der Waals surface area contributed by atoms with Gasteiger partial charge in [-0.05, 0) is 62.9 Å². The summed E-state index contributed by atoms with van der Waals surface area (Å²) >= 11 is 0. The molecule has 0 bridgehead atoms. The van der Waals surface area contributed by atoms with Crippen LogP contribution in [0, 0.1) is 12.7 Å². The molecule has 2 unspecified atom stereocenters. The highest BCUT2D eigenvalue weighted by atomic mass is 19.1. The Kier molecular flexibility index (Phi) is 4.58. The normalized spacial score (nSPS) is 24.6. The molecule has 2 nitrogen and oxygen atoms in total. The molecule has 3 heteroatoms. The molecule has 1 aliphatic rings. The number of nitrogens with one attached hydrogen (secondary N) is 1. The van der Waals surface area contributed by atoms with Gasteiger partial charge in [0.05, 0.1) is 5.60 Å². The van der Waals surface area contributed by atoms with Crippen LogP contribution in [0.3, 0.4) is 0 Å². The molecule has 1 saturated heterocycles. The molecule has 0 amide bonds. The lowest BCUT2D eigenvalue weighted by atomic mass is 9.87. The van der Waals surface area contributed by atoms with Gasteiger partial charge in [0.25, 0.3) is 0 Å². The zero-order chi connectivity index (χ0) is 13.9. The number of hydrogen-bond donors (Lipinski definition) is 1. The molecule has 2 rings (SSSR count). The van der Waals surface area contributed by atoms with Crippen molar-refractivity contribution in [2.75, 3.05) is 13.2 Å². The van der Waals surface area contributed by atoms with Crippen molar-refractivity contribution >= 4 is 0 Å². The Morgan fingerprint density at radius 2 is 2.26 bits per heavy atom. The minimum Gasteiger partial charge on any atom is -0.374 e. The Morgan fingerprint density at radius 3 is 2.89 bits per heavy atom. The number of ether oxygens (including phenoxy) is 1. The van der Waals surface area contributed by atoms with Gasteiger partial charge in [-0.2, -0.15) is 0 Å². The van der Waals surface area contributed by atoms with Gasteiger partial charge in [0.1, 0.15) is 5.82 Å². The van der Waals surface area contributed by atoms with Crippen molar-refractivity contribution in [2.45, 2.75) is 51.7 Å². The molecule has 0 spiro atoms. The highest BCUT2D eigenvalue weighted by molar-refractivity contribution is 5.28. The van der Waals surface area contributed by atoms with E-state index in [2.05, 4.69) is 19.2 Å². The maximum atomic E-state index is 13.4. The summed E-state index contributed by atoms with van der Waals surface area (Å²) in [5, 5.41) is 3.51. The van der Waals surface area contributed by atoms with Crippen LogP contribution in [-0.4, -0.2) is 24.8 Å². The van der Waals surface area contributed by atoms with E-state index in [1.54, 1.807) is 6.07 Å². The number of aryl methyl sites for hydroxylation is 1. The van der Waals surface area contributed by atoms with Crippen molar-refractivity contribution in [1.82, 2.24) is 5.32 Å². The monoisotopic (exact) mass is 265 g/mol. The van der Waals surface area contributed by atoms with Gasteiger partial charge in [-0.1, -0.05) is 13.0 Å². The van der Waals surface area contributed by atoms with Crippen LogP contribution in [0.15, 0.2) is 18.2 Å². The van der Waals surface area contributed by atoms with Crippen molar-refractivity contribution in [3.05, 3.63) is 35.1 Å². The van der Waals surface area contributed by atoms with Crippen LogP contribution >= 0.6 is 0 Å². The van der Waals surface area contributed by atoms with Crippen molar-refractivity contribution in [3.8, 4) is 0 Å². The minimum absolute atomic E-state index is 0.130. The van der Waals surface area contributed by atoms with E-state index < -0.39 is 0 Å². The third-order valence-electron chi connectivity index (χ3n) is 4.17. The summed E-state index contributed by atoms with van der Waals surface area (Å²) in [4.78, 5) is 0. The first-order valence-electron chi connectivity index (χ1n) is 7.17. The smallest absolute Gasteiger partial charge is 0.123 e. The van der Waals surface area contributed by atoms with E-state index in [1.807, 2.05) is 13.0 Å². The molecule has 0 aliphatic carbocycles. The molecule has 1 aromatic rings. The van der Waals surface area contributed by atoms with Gasteiger partial charge < -0.3 is 10.1 Å². The summed E-state index contributed by atoms with van der Waals surface area (Å²) in [6.45, 7) is 8.04. The lowest BCUT2D eigenvalue weighted by Gasteiger charge is -2.34. The Hall–Kier alpha value is -0.930. The van der Waals surface area contributed by atoms with Crippen molar-refractivity contribution in [1.29, 1.82) is 0 Å². The van der Waals surface area contributed by atoms with Gasteiger partial charge in [-0.15, -0.1) is 0 Å². The lowest BCUT2D eigenvalue weighted by Crippen LogP contribution is -2.49. The minimum atomic E-state index is -0.159. The standard InChI is InChI=1S/C16H24FNO/c1-4-18-15(16(3)8-5-9-19-16)11-13-10-14(17)7-6-12(13)2/h6-7,10,15,18H,4-5,8-9,11H2,1-3H3. The van der Waals surface area contributed by atoms with E-state index >= 15 is 0 Å². The third-order valence-corrected chi connectivity index (χ3v) is 4.17. The van der Waals surface area contributed by atoms with Crippen LogP contribution in [0.4, 0.5) is 4.39 Å². The zero-order valence-corrected chi connectivity index (χ0v) is 12.1. The molecule has 1 aliphatic heterocycles. The predicted molar refractivity (Wildman–Crippen MR) is 75.9 cm³/mol. The topological polar surface area (TPSA) is 21.3 Å². The average molecular weight is 265 g/mol. The van der Waals surface area contributed by atoms with Gasteiger partial charge >= 0.3 is 0 Å². The van der Waals surface area contributed by atoms with Gasteiger partial charge in [0.2, 0.25) is 0 Å². The van der Waals surface area contributed by atoms with Crippen LogP contribution in [0.25, 0.3) is 0 Å².